The third-order valence-electron chi connectivity index (χ3n) is 2.82. The number of aromatic nitrogens is 2. The van der Waals surface area contributed by atoms with Crippen LogP contribution in [0.2, 0.25) is 0 Å². The van der Waals surface area contributed by atoms with Crippen molar-refractivity contribution in [2.75, 3.05) is 5.73 Å². The fraction of sp³-hybridized carbons (Fsp3) is 0.154. The maximum atomic E-state index is 6.02. The fourth-order valence-electron chi connectivity index (χ4n) is 2.08. The second-order valence-electron chi connectivity index (χ2n) is 4.09. The van der Waals surface area contributed by atoms with Crippen molar-refractivity contribution in [2.24, 2.45) is 0 Å². The molecule has 3 aromatic rings. The number of rotatable bonds is 2. The van der Waals surface area contributed by atoms with Crippen LogP contribution >= 0.6 is 11.3 Å². The van der Waals surface area contributed by atoms with Crippen molar-refractivity contribution >= 4 is 27.9 Å². The third-order valence-corrected chi connectivity index (χ3v) is 3.64. The molecule has 2 heterocycles. The Morgan fingerprint density at radius 1 is 1.35 bits per heavy atom. The van der Waals surface area contributed by atoms with Gasteiger partial charge in [0.2, 0.25) is 0 Å². The average molecular weight is 243 g/mol. The third kappa shape index (κ3) is 1.80. The highest BCUT2D eigenvalue weighted by atomic mass is 32.1. The molecule has 0 spiro atoms. The summed E-state index contributed by atoms with van der Waals surface area (Å²) < 4.78 is 2.15. The van der Waals surface area contributed by atoms with E-state index in [1.54, 1.807) is 11.3 Å². The molecular weight excluding hydrogens is 230 g/mol. The zero-order valence-electron chi connectivity index (χ0n) is 9.55. The van der Waals surface area contributed by atoms with Crippen LogP contribution in [0.1, 0.15) is 10.7 Å². The molecule has 0 aliphatic heterocycles. The predicted octanol–water partition coefficient (Wildman–Crippen LogP) is 3.04. The first-order chi connectivity index (χ1) is 8.24. The van der Waals surface area contributed by atoms with Gasteiger partial charge in [0.1, 0.15) is 0 Å². The van der Waals surface area contributed by atoms with Crippen molar-refractivity contribution in [1.29, 1.82) is 0 Å². The quantitative estimate of drug-likeness (QED) is 0.703. The Hall–Kier alpha value is -1.81. The lowest BCUT2D eigenvalue weighted by Crippen LogP contribution is -2.00. The zero-order chi connectivity index (χ0) is 11.8. The van der Waals surface area contributed by atoms with E-state index >= 15 is 0 Å². The van der Waals surface area contributed by atoms with Crippen molar-refractivity contribution in [2.45, 2.75) is 13.5 Å². The number of aryl methyl sites for hydroxylation is 1. The molecule has 2 N–H and O–H groups in total. The number of hydrogen-bond acceptors (Lipinski definition) is 3. The van der Waals surface area contributed by atoms with Crippen molar-refractivity contribution in [3.05, 3.63) is 46.5 Å². The Kier molecular flexibility index (Phi) is 2.37. The van der Waals surface area contributed by atoms with Crippen LogP contribution in [0.4, 0.5) is 5.69 Å². The number of nitrogen functional groups attached to an aromatic ring is 1. The standard InChI is InChI=1S/C13H13N3S/c1-9-15-11(8-17-9)7-16-6-5-10-3-2-4-12(14)13(10)16/h2-6,8H,7,14H2,1H3. The summed E-state index contributed by atoms with van der Waals surface area (Å²) in [5.74, 6) is 0. The van der Waals surface area contributed by atoms with E-state index < -0.39 is 0 Å². The van der Waals surface area contributed by atoms with Gasteiger partial charge in [-0.2, -0.15) is 0 Å². The summed E-state index contributed by atoms with van der Waals surface area (Å²) in [6.07, 6.45) is 2.07. The van der Waals surface area contributed by atoms with Crippen molar-refractivity contribution in [1.82, 2.24) is 9.55 Å². The van der Waals surface area contributed by atoms with E-state index in [0.29, 0.717) is 0 Å². The second-order valence-corrected chi connectivity index (χ2v) is 5.15. The molecule has 0 aliphatic carbocycles. The first kappa shape index (κ1) is 10.4. The van der Waals surface area contributed by atoms with Gasteiger partial charge >= 0.3 is 0 Å². The largest absolute Gasteiger partial charge is 0.397 e. The number of nitrogens with zero attached hydrogens (tertiary/aromatic N) is 2. The summed E-state index contributed by atoms with van der Waals surface area (Å²) in [4.78, 5) is 4.48. The van der Waals surface area contributed by atoms with Crippen LogP contribution in [0, 0.1) is 6.92 Å². The Morgan fingerprint density at radius 3 is 3.00 bits per heavy atom. The molecule has 17 heavy (non-hydrogen) atoms. The van der Waals surface area contributed by atoms with E-state index in [-0.39, 0.29) is 0 Å². The molecule has 3 nitrogen and oxygen atoms in total. The van der Waals surface area contributed by atoms with Gasteiger partial charge in [-0.3, -0.25) is 0 Å². The van der Waals surface area contributed by atoms with E-state index in [0.717, 1.165) is 28.5 Å². The Balaban J connectivity index is 2.06. The lowest BCUT2D eigenvalue weighted by molar-refractivity contribution is 0.812. The molecule has 0 saturated carbocycles. The molecule has 0 saturated heterocycles. The number of anilines is 1. The first-order valence-corrected chi connectivity index (χ1v) is 6.36. The van der Waals surface area contributed by atoms with Crippen LogP contribution in [0.25, 0.3) is 10.9 Å². The minimum absolute atomic E-state index is 0.780. The van der Waals surface area contributed by atoms with Gasteiger partial charge in [-0.15, -0.1) is 11.3 Å². The maximum Gasteiger partial charge on any atom is 0.0898 e. The summed E-state index contributed by atoms with van der Waals surface area (Å²) in [5, 5.41) is 4.38. The van der Waals surface area contributed by atoms with E-state index in [4.69, 9.17) is 5.73 Å². The maximum absolute atomic E-state index is 6.02. The number of hydrogen-bond donors (Lipinski definition) is 1. The van der Waals surface area contributed by atoms with Gasteiger partial charge in [-0.1, -0.05) is 12.1 Å². The normalized spacial score (nSPS) is 11.1. The monoisotopic (exact) mass is 243 g/mol. The van der Waals surface area contributed by atoms with Crippen LogP contribution in [0.5, 0.6) is 0 Å². The van der Waals surface area contributed by atoms with Gasteiger partial charge in [0.25, 0.3) is 0 Å². The molecular formula is C13H13N3S. The van der Waals surface area contributed by atoms with Crippen molar-refractivity contribution in [3.8, 4) is 0 Å². The summed E-state index contributed by atoms with van der Waals surface area (Å²) in [6.45, 7) is 2.80. The second kappa shape index (κ2) is 3.89. The number of thiazole rings is 1. The molecule has 0 fully saturated rings. The highest BCUT2D eigenvalue weighted by Crippen LogP contribution is 2.23. The number of nitrogens with two attached hydrogens (primary N) is 1. The molecule has 4 heteroatoms. The van der Waals surface area contributed by atoms with Gasteiger partial charge in [0.05, 0.1) is 28.5 Å². The van der Waals surface area contributed by atoms with Gasteiger partial charge in [-0.05, 0) is 19.1 Å². The van der Waals surface area contributed by atoms with E-state index in [1.807, 2.05) is 19.1 Å². The minimum Gasteiger partial charge on any atom is -0.397 e. The van der Waals surface area contributed by atoms with Crippen molar-refractivity contribution < 1.29 is 0 Å². The molecule has 0 bridgehead atoms. The minimum atomic E-state index is 0.780. The summed E-state index contributed by atoms with van der Waals surface area (Å²) in [6, 6.07) is 8.08. The number of benzene rings is 1. The molecule has 0 amide bonds. The first-order valence-electron chi connectivity index (χ1n) is 5.48. The van der Waals surface area contributed by atoms with Crippen LogP contribution < -0.4 is 5.73 Å². The van der Waals surface area contributed by atoms with Crippen LogP contribution in [-0.4, -0.2) is 9.55 Å². The highest BCUT2D eigenvalue weighted by molar-refractivity contribution is 7.09. The number of fused-ring (bicyclic) bond motifs is 1. The summed E-state index contributed by atoms with van der Waals surface area (Å²) in [7, 11) is 0. The molecule has 1 aromatic carbocycles. The summed E-state index contributed by atoms with van der Waals surface area (Å²) in [5.41, 5.74) is 9.03. The summed E-state index contributed by atoms with van der Waals surface area (Å²) >= 11 is 1.68. The molecule has 0 atom stereocenters. The Labute approximate surface area is 104 Å². The topological polar surface area (TPSA) is 43.8 Å². The SMILES string of the molecule is Cc1nc(Cn2ccc3cccc(N)c32)cs1. The zero-order valence-corrected chi connectivity index (χ0v) is 10.4. The van der Waals surface area contributed by atoms with E-state index in [1.165, 1.54) is 5.39 Å². The molecule has 86 valence electrons. The lowest BCUT2D eigenvalue weighted by atomic mass is 10.2. The molecule has 0 aliphatic rings. The molecule has 2 aromatic heterocycles. The van der Waals surface area contributed by atoms with Crippen LogP contribution in [0.15, 0.2) is 35.8 Å². The van der Waals surface area contributed by atoms with Crippen LogP contribution in [-0.2, 0) is 6.54 Å². The highest BCUT2D eigenvalue weighted by Gasteiger charge is 2.06. The smallest absolute Gasteiger partial charge is 0.0898 e. The van der Waals surface area contributed by atoms with Gasteiger partial charge < -0.3 is 10.3 Å². The van der Waals surface area contributed by atoms with Crippen LogP contribution in [0.3, 0.4) is 0 Å². The Morgan fingerprint density at radius 2 is 2.24 bits per heavy atom. The van der Waals surface area contributed by atoms with Gasteiger partial charge in [-0.25, -0.2) is 4.98 Å². The predicted molar refractivity (Wildman–Crippen MR) is 72.3 cm³/mol. The van der Waals surface area contributed by atoms with Crippen molar-refractivity contribution in [3.63, 3.8) is 0 Å². The van der Waals surface area contributed by atoms with E-state index in [2.05, 4.69) is 33.3 Å². The lowest BCUT2D eigenvalue weighted by Gasteiger charge is -2.05. The fourth-order valence-corrected chi connectivity index (χ4v) is 2.68. The molecule has 3 rings (SSSR count). The van der Waals surface area contributed by atoms with Gasteiger partial charge in [0.15, 0.2) is 0 Å². The molecule has 0 unspecified atom stereocenters. The van der Waals surface area contributed by atoms with Gasteiger partial charge in [0, 0.05) is 17.0 Å². The Bertz CT molecular complexity index is 666. The van der Waals surface area contributed by atoms with E-state index in [9.17, 15) is 0 Å². The average Bonchev–Trinajstić information content (AvgIpc) is 2.88. The number of para-hydroxylation sites is 1. The molecule has 0 radical (unpaired) electrons.